The van der Waals surface area contributed by atoms with Crippen LogP contribution in [-0.2, 0) is 21.3 Å². The Morgan fingerprint density at radius 2 is 1.75 bits per heavy atom. The van der Waals surface area contributed by atoms with E-state index in [0.29, 0.717) is 48.8 Å². The Hall–Kier alpha value is -5.02. The lowest BCUT2D eigenvalue weighted by Crippen LogP contribution is -2.47. The highest BCUT2D eigenvalue weighted by atomic mass is 32.2. The molecule has 14 heteroatoms. The van der Waals surface area contributed by atoms with Crippen molar-refractivity contribution >= 4 is 38.9 Å². The van der Waals surface area contributed by atoms with E-state index in [4.69, 9.17) is 15.2 Å². The summed E-state index contributed by atoms with van der Waals surface area (Å²) in [6.45, 7) is 7.23. The first kappa shape index (κ1) is 42.1. The molecule has 0 spiro atoms. The highest BCUT2D eigenvalue weighted by Gasteiger charge is 2.31. The lowest BCUT2D eigenvalue weighted by molar-refractivity contribution is -0.0177. The van der Waals surface area contributed by atoms with Gasteiger partial charge in [0, 0.05) is 43.4 Å². The van der Waals surface area contributed by atoms with Crippen LogP contribution in [-0.4, -0.2) is 86.7 Å². The molecule has 0 aromatic heterocycles. The number of amides is 2. The monoisotopic (exact) mass is 789 g/mol. The second-order valence-electron chi connectivity index (χ2n) is 14.5. The molecule has 0 saturated heterocycles. The number of nitrogen functional groups attached to an aromatic ring is 1. The normalized spacial score (nSPS) is 19.0. The zero-order valence-corrected chi connectivity index (χ0v) is 33.1. The first-order valence-electron chi connectivity index (χ1n) is 18.8. The number of hydrogen-bond acceptors (Lipinski definition) is 9. The van der Waals surface area contributed by atoms with Crippen LogP contribution in [0.5, 0.6) is 5.75 Å². The molecule has 4 aromatic rings. The number of aliphatic hydroxyl groups is 1. The number of aliphatic hydroxyl groups excluding tert-OH is 1. The van der Waals surface area contributed by atoms with Crippen LogP contribution >= 0.6 is 0 Å². The Morgan fingerprint density at radius 1 is 1.04 bits per heavy atom. The molecule has 12 nitrogen and oxygen atoms in total. The summed E-state index contributed by atoms with van der Waals surface area (Å²) in [5.74, 6) is -1.15. The molecule has 5 rings (SSSR count). The Balaban J connectivity index is 1.33. The molecule has 1 aliphatic heterocycles. The Kier molecular flexibility index (Phi) is 14.5. The smallest absolute Gasteiger partial charge is 0.261 e. The van der Waals surface area contributed by atoms with Gasteiger partial charge in [-0.25, -0.2) is 12.8 Å². The molecule has 0 fully saturated rings. The van der Waals surface area contributed by atoms with Crippen molar-refractivity contribution in [3.05, 3.63) is 114 Å². The predicted molar refractivity (Wildman–Crippen MR) is 216 cm³/mol. The summed E-state index contributed by atoms with van der Waals surface area (Å²) >= 11 is 0. The van der Waals surface area contributed by atoms with Crippen molar-refractivity contribution in [2.75, 3.05) is 49.1 Å². The van der Waals surface area contributed by atoms with Crippen molar-refractivity contribution in [3.63, 3.8) is 0 Å². The molecule has 0 radical (unpaired) electrons. The third-order valence-electron chi connectivity index (χ3n) is 9.80. The van der Waals surface area contributed by atoms with Gasteiger partial charge in [0.05, 0.1) is 46.7 Å². The highest BCUT2D eigenvalue weighted by molar-refractivity contribution is 7.92. The van der Waals surface area contributed by atoms with E-state index in [2.05, 4.69) is 14.9 Å². The van der Waals surface area contributed by atoms with Gasteiger partial charge in [0.1, 0.15) is 11.6 Å². The van der Waals surface area contributed by atoms with Crippen molar-refractivity contribution in [3.8, 4) is 5.75 Å². The van der Waals surface area contributed by atoms with E-state index in [-0.39, 0.29) is 53.3 Å². The molecule has 0 aliphatic carbocycles. The lowest BCUT2D eigenvalue weighted by Gasteiger charge is -2.36. The number of nitrogens with one attached hydrogen (secondary N) is 2. The summed E-state index contributed by atoms with van der Waals surface area (Å²) in [6.07, 6.45) is 1.77. The van der Waals surface area contributed by atoms with Gasteiger partial charge in [-0.2, -0.15) is 0 Å². The van der Waals surface area contributed by atoms with E-state index < -0.39 is 27.8 Å². The number of likely N-dealkylation sites (N-methyl/N-ethyl adjacent to an activating group) is 1. The Bertz CT molecular complexity index is 2050. The number of anilines is 3. The maximum Gasteiger partial charge on any atom is 0.261 e. The van der Waals surface area contributed by atoms with Gasteiger partial charge in [0.2, 0.25) is 0 Å². The van der Waals surface area contributed by atoms with Crippen LogP contribution in [0.3, 0.4) is 0 Å². The maximum atomic E-state index is 14.5. The molecule has 0 bridgehead atoms. The van der Waals surface area contributed by atoms with Crippen LogP contribution in [0.25, 0.3) is 0 Å². The minimum Gasteiger partial charge on any atom is -0.490 e. The number of halogens is 1. The Morgan fingerprint density at radius 3 is 2.45 bits per heavy atom. The van der Waals surface area contributed by atoms with Crippen LogP contribution < -0.4 is 20.5 Å². The third kappa shape index (κ3) is 11.3. The molecule has 5 N–H and O–H groups in total. The molecule has 1 aliphatic rings. The van der Waals surface area contributed by atoms with Crippen molar-refractivity contribution in [2.24, 2.45) is 5.92 Å². The van der Waals surface area contributed by atoms with Crippen LogP contribution in [0, 0.1) is 11.7 Å². The number of nitrogens with zero attached hydrogens (tertiary/aromatic N) is 2. The number of sulfonamides is 1. The van der Waals surface area contributed by atoms with Crippen LogP contribution in [0.2, 0.25) is 0 Å². The van der Waals surface area contributed by atoms with E-state index in [0.717, 1.165) is 42.7 Å². The summed E-state index contributed by atoms with van der Waals surface area (Å²) in [7, 11) is -2.11. The van der Waals surface area contributed by atoms with E-state index in [1.165, 1.54) is 12.1 Å². The molecule has 0 unspecified atom stereocenters. The number of carbonyl (C=O) groups excluding carboxylic acids is 2. The van der Waals surface area contributed by atoms with Crippen molar-refractivity contribution in [1.82, 2.24) is 9.80 Å². The minimum absolute atomic E-state index is 0.126. The summed E-state index contributed by atoms with van der Waals surface area (Å²) in [5.41, 5.74) is 8.79. The molecular formula is C42H52FN5O7S. The fraction of sp³-hybridized carbons (Fsp3) is 0.381. The molecule has 4 atom stereocenters. The van der Waals surface area contributed by atoms with Crippen molar-refractivity contribution in [2.45, 2.75) is 69.7 Å². The summed E-state index contributed by atoms with van der Waals surface area (Å²) in [4.78, 5) is 30.9. The number of benzene rings is 4. The zero-order chi connectivity index (χ0) is 40.4. The SMILES string of the molecule is C[C@@H]1CCCCO[C@@H](CN(C)Cc2ccc(C(=O)Nc3ccccc3N)cc2)[C@@H](C)CN([C@H](C)CO)C(=O)c2cc(NS(=O)(=O)c3ccc(F)cc3)ccc2O1. The van der Waals surface area contributed by atoms with Gasteiger partial charge >= 0.3 is 0 Å². The average Bonchev–Trinajstić information content (AvgIpc) is 3.17. The molecular weight excluding hydrogens is 738 g/mol. The van der Waals surface area contributed by atoms with Gasteiger partial charge in [-0.1, -0.05) is 31.2 Å². The van der Waals surface area contributed by atoms with Crippen LogP contribution in [0.15, 0.2) is 95.9 Å². The van der Waals surface area contributed by atoms with Gasteiger partial charge in [0.25, 0.3) is 21.8 Å². The van der Waals surface area contributed by atoms with Crippen LogP contribution in [0.4, 0.5) is 21.5 Å². The summed E-state index contributed by atoms with van der Waals surface area (Å²) < 4.78 is 55.1. The largest absolute Gasteiger partial charge is 0.490 e. The Labute approximate surface area is 328 Å². The number of nitrogens with two attached hydrogens (primary N) is 1. The molecule has 300 valence electrons. The summed E-state index contributed by atoms with van der Waals surface area (Å²) in [5, 5.41) is 13.2. The standard InChI is InChI=1S/C42H52FN5O7S/c1-28-24-48(29(2)27-49)42(51)36-23-34(46-56(52,53)35-19-16-33(43)17-20-35)18-21-39(36)55-30(3)9-7-8-22-54-40(28)26-47(4)25-31-12-14-32(15-13-31)41(50)45-38-11-6-5-10-37(38)44/h5-6,10-21,23,28-30,40,46,49H,7-9,22,24-27,44H2,1-4H3,(H,45,50)/t28-,29+,30+,40-/m0/s1. The van der Waals surface area contributed by atoms with Crippen LogP contribution in [0.1, 0.15) is 66.3 Å². The predicted octanol–water partition coefficient (Wildman–Crippen LogP) is 6.39. The second-order valence-corrected chi connectivity index (χ2v) is 16.2. The molecule has 56 heavy (non-hydrogen) atoms. The van der Waals surface area contributed by atoms with Crippen molar-refractivity contribution in [1.29, 1.82) is 0 Å². The molecule has 2 amide bonds. The van der Waals surface area contributed by atoms with E-state index >= 15 is 0 Å². The van der Waals surface area contributed by atoms with Gasteiger partial charge in [-0.15, -0.1) is 0 Å². The summed E-state index contributed by atoms with van der Waals surface area (Å²) in [6, 6.07) is 22.9. The molecule has 4 aromatic carbocycles. The van der Waals surface area contributed by atoms with Gasteiger partial charge in [-0.3, -0.25) is 19.2 Å². The van der Waals surface area contributed by atoms with Crippen molar-refractivity contribution < 1.29 is 37.0 Å². The molecule has 0 saturated carbocycles. The fourth-order valence-electron chi connectivity index (χ4n) is 6.53. The maximum absolute atomic E-state index is 14.5. The molecule has 1 heterocycles. The fourth-order valence-corrected chi connectivity index (χ4v) is 7.58. The second kappa shape index (κ2) is 19.2. The minimum atomic E-state index is -4.10. The van der Waals surface area contributed by atoms with E-state index in [1.807, 2.05) is 33.0 Å². The first-order chi connectivity index (χ1) is 26.7. The number of para-hydroxylation sites is 2. The third-order valence-corrected chi connectivity index (χ3v) is 11.2. The number of carbonyl (C=O) groups is 2. The lowest BCUT2D eigenvalue weighted by atomic mass is 10.0. The number of rotatable bonds is 11. The quantitative estimate of drug-likeness (QED) is 0.126. The highest BCUT2D eigenvalue weighted by Crippen LogP contribution is 2.30. The first-order valence-corrected chi connectivity index (χ1v) is 20.3. The number of fused-ring (bicyclic) bond motifs is 1. The van der Waals surface area contributed by atoms with Gasteiger partial charge in [0.15, 0.2) is 0 Å². The van der Waals surface area contributed by atoms with Gasteiger partial charge in [-0.05, 0) is 112 Å². The van der Waals surface area contributed by atoms with E-state index in [1.54, 1.807) is 54.3 Å². The number of hydrogen-bond donors (Lipinski definition) is 4. The topological polar surface area (TPSA) is 164 Å². The average molecular weight is 790 g/mol. The number of ether oxygens (including phenoxy) is 2. The van der Waals surface area contributed by atoms with Gasteiger partial charge < -0.3 is 30.5 Å². The zero-order valence-electron chi connectivity index (χ0n) is 32.3. The van der Waals surface area contributed by atoms with E-state index in [9.17, 15) is 27.5 Å².